The molecule has 0 aromatic carbocycles. The van der Waals surface area contributed by atoms with Gasteiger partial charge in [0.15, 0.2) is 6.10 Å². The molecule has 1 N–H and O–H groups in total. The van der Waals surface area contributed by atoms with Crippen molar-refractivity contribution < 1.29 is 23.9 Å². The van der Waals surface area contributed by atoms with Gasteiger partial charge < -0.3 is 14.8 Å². The van der Waals surface area contributed by atoms with Crippen molar-refractivity contribution in [1.82, 2.24) is 0 Å². The molecule has 3 rings (SSSR count). The Bertz CT molecular complexity index is 856. The van der Waals surface area contributed by atoms with E-state index in [1.807, 2.05) is 16.8 Å². The highest BCUT2D eigenvalue weighted by Crippen LogP contribution is 2.38. The summed E-state index contributed by atoms with van der Waals surface area (Å²) in [5, 5.41) is 7.01. The van der Waals surface area contributed by atoms with E-state index in [0.717, 1.165) is 41.7 Å². The molecule has 1 amide bonds. The number of aryl methyl sites for hydroxylation is 1. The first-order valence-corrected chi connectivity index (χ1v) is 11.1. The zero-order chi connectivity index (χ0) is 20.1. The number of carbonyl (C=O) groups excluding carboxylic acids is 3. The van der Waals surface area contributed by atoms with Gasteiger partial charge in [-0.25, -0.2) is 4.79 Å². The molecule has 1 atom stereocenters. The van der Waals surface area contributed by atoms with Crippen LogP contribution in [-0.4, -0.2) is 30.6 Å². The lowest BCUT2D eigenvalue weighted by Gasteiger charge is -2.14. The lowest BCUT2D eigenvalue weighted by molar-refractivity contribution is -0.152. The molecule has 0 saturated carbocycles. The second-order valence-electron chi connectivity index (χ2n) is 6.57. The standard InChI is InChI=1S/C20H23NO5S2/c1-3-25-20(24)17-14-6-4-5-7-15(14)28-19(17)21-18(23)12(2)26-16(22)10-13-8-9-27-11-13/h8-9,11-12H,3-7,10H2,1-2H3,(H,21,23)/t12-/m1/s1. The van der Waals surface area contributed by atoms with E-state index < -0.39 is 23.9 Å². The van der Waals surface area contributed by atoms with E-state index in [-0.39, 0.29) is 13.0 Å². The maximum Gasteiger partial charge on any atom is 0.341 e. The number of nitrogens with one attached hydrogen (secondary N) is 1. The Balaban J connectivity index is 1.69. The summed E-state index contributed by atoms with van der Waals surface area (Å²) in [5.41, 5.74) is 2.29. The highest BCUT2D eigenvalue weighted by Gasteiger charge is 2.28. The van der Waals surface area contributed by atoms with Gasteiger partial charge in [0.2, 0.25) is 0 Å². The van der Waals surface area contributed by atoms with Crippen molar-refractivity contribution in [2.24, 2.45) is 0 Å². The molecule has 0 bridgehead atoms. The van der Waals surface area contributed by atoms with Crippen molar-refractivity contribution in [1.29, 1.82) is 0 Å². The van der Waals surface area contributed by atoms with Crippen molar-refractivity contribution in [2.45, 2.75) is 52.1 Å². The van der Waals surface area contributed by atoms with E-state index in [1.165, 1.54) is 29.6 Å². The van der Waals surface area contributed by atoms with Crippen molar-refractivity contribution in [3.05, 3.63) is 38.4 Å². The molecule has 2 heterocycles. The number of rotatable bonds is 7. The van der Waals surface area contributed by atoms with Crippen LogP contribution >= 0.6 is 22.7 Å². The van der Waals surface area contributed by atoms with Gasteiger partial charge in [0, 0.05) is 4.88 Å². The fraction of sp³-hybridized carbons (Fsp3) is 0.450. The molecule has 0 aliphatic heterocycles. The molecule has 0 spiro atoms. The molecule has 0 unspecified atom stereocenters. The van der Waals surface area contributed by atoms with Gasteiger partial charge in [-0.3, -0.25) is 9.59 Å². The summed E-state index contributed by atoms with van der Waals surface area (Å²) in [6.45, 7) is 3.55. The topological polar surface area (TPSA) is 81.7 Å². The van der Waals surface area contributed by atoms with E-state index in [1.54, 1.807) is 6.92 Å². The Morgan fingerprint density at radius 1 is 1.25 bits per heavy atom. The van der Waals surface area contributed by atoms with Crippen LogP contribution in [0.4, 0.5) is 5.00 Å². The summed E-state index contributed by atoms with van der Waals surface area (Å²) < 4.78 is 10.4. The van der Waals surface area contributed by atoms with Gasteiger partial charge in [-0.15, -0.1) is 11.3 Å². The highest BCUT2D eigenvalue weighted by atomic mass is 32.1. The van der Waals surface area contributed by atoms with E-state index in [0.29, 0.717) is 10.6 Å². The fourth-order valence-electron chi connectivity index (χ4n) is 3.14. The van der Waals surface area contributed by atoms with Gasteiger partial charge in [-0.2, -0.15) is 11.3 Å². The number of hydrogen-bond acceptors (Lipinski definition) is 7. The van der Waals surface area contributed by atoms with Crippen molar-refractivity contribution >= 4 is 45.5 Å². The molecule has 1 aliphatic rings. The summed E-state index contributed by atoms with van der Waals surface area (Å²) in [6, 6.07) is 1.85. The van der Waals surface area contributed by atoms with E-state index >= 15 is 0 Å². The molecule has 6 nitrogen and oxygen atoms in total. The molecule has 28 heavy (non-hydrogen) atoms. The Kier molecular flexibility index (Phi) is 6.85. The van der Waals surface area contributed by atoms with Crippen LogP contribution in [0.2, 0.25) is 0 Å². The smallest absolute Gasteiger partial charge is 0.341 e. The molecular weight excluding hydrogens is 398 g/mol. The third-order valence-corrected chi connectivity index (χ3v) is 6.43. The molecule has 150 valence electrons. The number of ether oxygens (including phenoxy) is 2. The third-order valence-electron chi connectivity index (χ3n) is 4.49. The quantitative estimate of drug-likeness (QED) is 0.684. The lowest BCUT2D eigenvalue weighted by atomic mass is 9.95. The molecular formula is C20H23NO5S2. The first kappa shape index (κ1) is 20.5. The van der Waals surface area contributed by atoms with E-state index in [2.05, 4.69) is 5.32 Å². The second kappa shape index (κ2) is 9.34. The summed E-state index contributed by atoms with van der Waals surface area (Å²) in [6.07, 6.45) is 2.96. The molecule has 0 saturated heterocycles. The SMILES string of the molecule is CCOC(=O)c1c(NC(=O)[C@@H](C)OC(=O)Cc2ccsc2)sc2c1CCCC2. The average molecular weight is 422 g/mol. The van der Waals surface area contributed by atoms with Crippen LogP contribution in [0.3, 0.4) is 0 Å². The minimum atomic E-state index is -0.958. The van der Waals surface area contributed by atoms with Crippen LogP contribution in [-0.2, 0) is 38.3 Å². The van der Waals surface area contributed by atoms with Gasteiger partial charge in [0.1, 0.15) is 5.00 Å². The minimum Gasteiger partial charge on any atom is -0.462 e. The van der Waals surface area contributed by atoms with Gasteiger partial charge in [0.05, 0.1) is 18.6 Å². The van der Waals surface area contributed by atoms with Gasteiger partial charge in [-0.1, -0.05) is 0 Å². The number of hydrogen-bond donors (Lipinski definition) is 1. The number of amides is 1. The predicted molar refractivity (Wildman–Crippen MR) is 109 cm³/mol. The van der Waals surface area contributed by atoms with Crippen LogP contribution in [0, 0.1) is 0 Å². The predicted octanol–water partition coefficient (Wildman–Crippen LogP) is 3.98. The minimum absolute atomic E-state index is 0.127. The van der Waals surface area contributed by atoms with Crippen LogP contribution in [0.25, 0.3) is 0 Å². The zero-order valence-electron chi connectivity index (χ0n) is 15.9. The molecule has 0 fully saturated rings. The van der Waals surface area contributed by atoms with Crippen molar-refractivity contribution in [3.8, 4) is 0 Å². The highest BCUT2D eigenvalue weighted by molar-refractivity contribution is 7.17. The van der Waals surface area contributed by atoms with Crippen molar-refractivity contribution in [2.75, 3.05) is 11.9 Å². The van der Waals surface area contributed by atoms with Crippen LogP contribution in [0.15, 0.2) is 16.8 Å². The number of thiophene rings is 2. The maximum absolute atomic E-state index is 12.6. The summed E-state index contributed by atoms with van der Waals surface area (Å²) >= 11 is 2.91. The molecule has 2 aromatic rings. The molecule has 0 radical (unpaired) electrons. The van der Waals surface area contributed by atoms with E-state index in [4.69, 9.17) is 9.47 Å². The van der Waals surface area contributed by atoms with E-state index in [9.17, 15) is 14.4 Å². The molecule has 8 heteroatoms. The van der Waals surface area contributed by atoms with Crippen LogP contribution in [0.1, 0.15) is 53.1 Å². The third kappa shape index (κ3) is 4.80. The Morgan fingerprint density at radius 2 is 2.04 bits per heavy atom. The average Bonchev–Trinajstić information content (AvgIpc) is 3.28. The Labute approximate surface area is 171 Å². The van der Waals surface area contributed by atoms with Crippen LogP contribution < -0.4 is 5.32 Å². The monoisotopic (exact) mass is 421 g/mol. The number of esters is 2. The molecule has 1 aliphatic carbocycles. The summed E-state index contributed by atoms with van der Waals surface area (Å²) in [5.74, 6) is -1.33. The van der Waals surface area contributed by atoms with Gasteiger partial charge in [0.25, 0.3) is 5.91 Å². The Hall–Kier alpha value is -2.19. The maximum atomic E-state index is 12.6. The van der Waals surface area contributed by atoms with Crippen LogP contribution in [0.5, 0.6) is 0 Å². The van der Waals surface area contributed by atoms with Gasteiger partial charge >= 0.3 is 11.9 Å². The second-order valence-corrected chi connectivity index (χ2v) is 8.45. The lowest BCUT2D eigenvalue weighted by Crippen LogP contribution is -2.30. The normalized spacial score (nSPS) is 14.1. The first-order valence-electron chi connectivity index (χ1n) is 9.32. The number of fused-ring (bicyclic) bond motifs is 1. The first-order chi connectivity index (χ1) is 13.5. The number of anilines is 1. The van der Waals surface area contributed by atoms with Crippen molar-refractivity contribution in [3.63, 3.8) is 0 Å². The summed E-state index contributed by atoms with van der Waals surface area (Å²) in [7, 11) is 0. The van der Waals surface area contributed by atoms with Gasteiger partial charge in [-0.05, 0) is 67.5 Å². The Morgan fingerprint density at radius 3 is 2.75 bits per heavy atom. The molecule has 2 aromatic heterocycles. The number of carbonyl (C=O) groups is 3. The largest absolute Gasteiger partial charge is 0.462 e. The zero-order valence-corrected chi connectivity index (χ0v) is 17.5. The fourth-order valence-corrected chi connectivity index (χ4v) is 5.09. The summed E-state index contributed by atoms with van der Waals surface area (Å²) in [4.78, 5) is 38.2.